The highest BCUT2D eigenvalue weighted by Crippen LogP contribution is 2.31. The topological polar surface area (TPSA) is 32.3 Å². The van der Waals surface area contributed by atoms with E-state index < -0.39 is 0 Å². The van der Waals surface area contributed by atoms with Gasteiger partial charge >= 0.3 is 0 Å². The Balaban J connectivity index is 0.00000176. The van der Waals surface area contributed by atoms with Crippen LogP contribution in [-0.2, 0) is 4.79 Å². The molecule has 1 saturated heterocycles. The Morgan fingerprint density at radius 2 is 1.91 bits per heavy atom. The summed E-state index contributed by atoms with van der Waals surface area (Å²) < 4.78 is 13.1. The molecular formula is C17H24ClFN2O. The molecule has 1 heterocycles. The molecule has 0 bridgehead atoms. The third kappa shape index (κ3) is 4.43. The summed E-state index contributed by atoms with van der Waals surface area (Å²) >= 11 is 0. The van der Waals surface area contributed by atoms with Crippen LogP contribution < -0.4 is 5.32 Å². The zero-order valence-corrected chi connectivity index (χ0v) is 13.6. The zero-order chi connectivity index (χ0) is 14.7. The first-order chi connectivity index (χ1) is 10.2. The van der Waals surface area contributed by atoms with Crippen LogP contribution in [0.15, 0.2) is 24.3 Å². The number of carbonyl (C=O) groups is 1. The van der Waals surface area contributed by atoms with E-state index in [-0.39, 0.29) is 30.2 Å². The predicted molar refractivity (Wildman–Crippen MR) is 87.5 cm³/mol. The zero-order valence-electron chi connectivity index (χ0n) is 12.8. The molecule has 22 heavy (non-hydrogen) atoms. The number of amides is 1. The van der Waals surface area contributed by atoms with E-state index in [2.05, 4.69) is 5.32 Å². The van der Waals surface area contributed by atoms with Crippen LogP contribution in [0.5, 0.6) is 0 Å². The van der Waals surface area contributed by atoms with Crippen LogP contribution in [-0.4, -0.2) is 30.4 Å². The quantitative estimate of drug-likeness (QED) is 0.900. The van der Waals surface area contributed by atoms with Gasteiger partial charge in [0, 0.05) is 6.54 Å². The van der Waals surface area contributed by atoms with Gasteiger partial charge in [0.25, 0.3) is 0 Å². The molecule has 1 atom stereocenters. The summed E-state index contributed by atoms with van der Waals surface area (Å²) in [6.07, 6.45) is 5.75. The van der Waals surface area contributed by atoms with E-state index in [0.717, 1.165) is 43.8 Å². The van der Waals surface area contributed by atoms with Crippen molar-refractivity contribution in [2.45, 2.75) is 38.1 Å². The summed E-state index contributed by atoms with van der Waals surface area (Å²) in [6.45, 7) is 2.20. The number of carbonyl (C=O) groups excluding carboxylic acids is 1. The summed E-state index contributed by atoms with van der Waals surface area (Å²) in [5, 5.41) is 3.27. The number of nitrogens with zero attached hydrogens (tertiary/aromatic N) is 1. The normalized spacial score (nSPS) is 21.3. The second kappa shape index (κ2) is 7.93. The molecule has 1 amide bonds. The first kappa shape index (κ1) is 17.2. The highest BCUT2D eigenvalue weighted by Gasteiger charge is 2.28. The average molecular weight is 327 g/mol. The van der Waals surface area contributed by atoms with Gasteiger partial charge in [0.05, 0.1) is 12.6 Å². The van der Waals surface area contributed by atoms with Crippen molar-refractivity contribution in [1.82, 2.24) is 10.2 Å². The van der Waals surface area contributed by atoms with Crippen molar-refractivity contribution in [3.63, 3.8) is 0 Å². The summed E-state index contributed by atoms with van der Waals surface area (Å²) in [5.74, 6) is 0.732. The van der Waals surface area contributed by atoms with Crippen LogP contribution in [0.3, 0.4) is 0 Å². The van der Waals surface area contributed by atoms with Crippen molar-refractivity contribution in [1.29, 1.82) is 0 Å². The van der Waals surface area contributed by atoms with Crippen LogP contribution in [0.2, 0.25) is 0 Å². The lowest BCUT2D eigenvalue weighted by Gasteiger charge is -2.36. The molecule has 0 aromatic heterocycles. The Hall–Kier alpha value is -1.13. The molecule has 1 aliphatic heterocycles. The molecule has 1 aliphatic carbocycles. The average Bonchev–Trinajstić information content (AvgIpc) is 3.32. The fourth-order valence-electron chi connectivity index (χ4n) is 3.07. The molecule has 3 rings (SSSR count). The van der Waals surface area contributed by atoms with Gasteiger partial charge in [-0.1, -0.05) is 12.1 Å². The minimum Gasteiger partial charge on any atom is -0.335 e. The SMILES string of the molecule is Cl.O=C(CNCC1CC1)N1CCCCC1c1ccc(F)cc1. The number of piperidine rings is 1. The van der Waals surface area contributed by atoms with Gasteiger partial charge in [0.15, 0.2) is 0 Å². The molecule has 2 fully saturated rings. The van der Waals surface area contributed by atoms with Crippen molar-refractivity contribution in [3.05, 3.63) is 35.6 Å². The highest BCUT2D eigenvalue weighted by molar-refractivity contribution is 5.85. The van der Waals surface area contributed by atoms with Crippen LogP contribution in [0.25, 0.3) is 0 Å². The van der Waals surface area contributed by atoms with Gasteiger partial charge in [0.1, 0.15) is 5.82 Å². The Kier molecular flexibility index (Phi) is 6.21. The molecule has 3 nitrogen and oxygen atoms in total. The molecule has 1 aromatic rings. The summed E-state index contributed by atoms with van der Waals surface area (Å²) in [6, 6.07) is 6.69. The summed E-state index contributed by atoms with van der Waals surface area (Å²) in [5.41, 5.74) is 1.05. The van der Waals surface area contributed by atoms with Crippen LogP contribution in [0.4, 0.5) is 4.39 Å². The van der Waals surface area contributed by atoms with Crippen LogP contribution in [0, 0.1) is 11.7 Å². The van der Waals surface area contributed by atoms with Gasteiger partial charge in [-0.25, -0.2) is 4.39 Å². The lowest BCUT2D eigenvalue weighted by atomic mass is 9.95. The minimum absolute atomic E-state index is 0. The van der Waals surface area contributed by atoms with Crippen molar-refractivity contribution < 1.29 is 9.18 Å². The molecule has 1 N–H and O–H groups in total. The molecule has 1 aromatic carbocycles. The first-order valence-corrected chi connectivity index (χ1v) is 7.99. The number of nitrogens with one attached hydrogen (secondary N) is 1. The van der Waals surface area contributed by atoms with E-state index in [0.29, 0.717) is 6.54 Å². The van der Waals surface area contributed by atoms with E-state index >= 15 is 0 Å². The second-order valence-electron chi connectivity index (χ2n) is 6.22. The van der Waals surface area contributed by atoms with E-state index in [4.69, 9.17) is 0 Å². The number of likely N-dealkylation sites (tertiary alicyclic amines) is 1. The third-order valence-electron chi connectivity index (χ3n) is 4.48. The van der Waals surface area contributed by atoms with Gasteiger partial charge in [-0.3, -0.25) is 4.79 Å². The Morgan fingerprint density at radius 1 is 1.18 bits per heavy atom. The van der Waals surface area contributed by atoms with E-state index in [1.165, 1.54) is 25.0 Å². The molecule has 1 saturated carbocycles. The Labute approximate surface area is 137 Å². The first-order valence-electron chi connectivity index (χ1n) is 7.99. The number of rotatable bonds is 5. The molecule has 122 valence electrons. The van der Waals surface area contributed by atoms with Gasteiger partial charge < -0.3 is 10.2 Å². The smallest absolute Gasteiger partial charge is 0.237 e. The summed E-state index contributed by atoms with van der Waals surface area (Å²) in [4.78, 5) is 14.4. The van der Waals surface area contributed by atoms with E-state index in [1.54, 1.807) is 0 Å². The molecule has 0 radical (unpaired) electrons. The molecule has 0 spiro atoms. The highest BCUT2D eigenvalue weighted by atomic mass is 35.5. The van der Waals surface area contributed by atoms with Crippen LogP contribution >= 0.6 is 12.4 Å². The fourth-order valence-corrected chi connectivity index (χ4v) is 3.07. The van der Waals surface area contributed by atoms with Crippen molar-refractivity contribution in [3.8, 4) is 0 Å². The number of hydrogen-bond donors (Lipinski definition) is 1. The molecule has 2 aliphatic rings. The number of benzene rings is 1. The fraction of sp³-hybridized carbons (Fsp3) is 0.588. The number of hydrogen-bond acceptors (Lipinski definition) is 2. The lowest BCUT2D eigenvalue weighted by molar-refractivity contribution is -0.134. The Bertz CT molecular complexity index is 490. The minimum atomic E-state index is -0.224. The van der Waals surface area contributed by atoms with E-state index in [9.17, 15) is 9.18 Å². The maximum Gasteiger partial charge on any atom is 0.237 e. The third-order valence-corrected chi connectivity index (χ3v) is 4.48. The maximum atomic E-state index is 13.1. The Morgan fingerprint density at radius 3 is 2.59 bits per heavy atom. The van der Waals surface area contributed by atoms with Crippen molar-refractivity contribution in [2.75, 3.05) is 19.6 Å². The largest absolute Gasteiger partial charge is 0.335 e. The van der Waals surface area contributed by atoms with E-state index in [1.807, 2.05) is 17.0 Å². The van der Waals surface area contributed by atoms with Crippen molar-refractivity contribution in [2.24, 2.45) is 5.92 Å². The van der Waals surface area contributed by atoms with Crippen LogP contribution in [0.1, 0.15) is 43.7 Å². The maximum absolute atomic E-state index is 13.1. The molecular weight excluding hydrogens is 303 g/mol. The standard InChI is InChI=1S/C17H23FN2O.ClH/c18-15-8-6-14(7-9-15)16-3-1-2-10-20(16)17(21)12-19-11-13-4-5-13;/h6-9,13,16,19H,1-5,10-12H2;1H. The second-order valence-corrected chi connectivity index (χ2v) is 6.22. The summed E-state index contributed by atoms with van der Waals surface area (Å²) in [7, 11) is 0. The van der Waals surface area contributed by atoms with Gasteiger partial charge in [-0.2, -0.15) is 0 Å². The monoisotopic (exact) mass is 326 g/mol. The van der Waals surface area contributed by atoms with Gasteiger partial charge in [-0.05, 0) is 62.3 Å². The predicted octanol–water partition coefficient (Wildman–Crippen LogP) is 3.30. The van der Waals surface area contributed by atoms with Gasteiger partial charge in [0.2, 0.25) is 5.91 Å². The van der Waals surface area contributed by atoms with Crippen molar-refractivity contribution >= 4 is 18.3 Å². The number of halogens is 2. The molecule has 5 heteroatoms. The lowest BCUT2D eigenvalue weighted by Crippen LogP contribution is -2.43. The molecule has 1 unspecified atom stereocenters. The van der Waals surface area contributed by atoms with Gasteiger partial charge in [-0.15, -0.1) is 12.4 Å².